The second-order valence-corrected chi connectivity index (χ2v) is 3.59. The van der Waals surface area contributed by atoms with Crippen molar-refractivity contribution in [3.05, 3.63) is 16.1 Å². The highest BCUT2D eigenvalue weighted by Gasteiger charge is 2.04. The van der Waals surface area contributed by atoms with Crippen LogP contribution in [0.1, 0.15) is 24.0 Å². The highest BCUT2D eigenvalue weighted by Crippen LogP contribution is 2.11. The van der Waals surface area contributed by atoms with Crippen LogP contribution in [-0.2, 0) is 6.42 Å². The quantitative estimate of drug-likeness (QED) is 0.714. The van der Waals surface area contributed by atoms with Crippen molar-refractivity contribution in [1.29, 1.82) is 0 Å². The number of aromatic nitrogens is 1. The van der Waals surface area contributed by atoms with Gasteiger partial charge in [-0.15, -0.1) is 17.8 Å². The van der Waals surface area contributed by atoms with E-state index >= 15 is 0 Å². The molecule has 1 unspecified atom stereocenters. The first-order chi connectivity index (χ1) is 5.76. The van der Waals surface area contributed by atoms with E-state index < -0.39 is 0 Å². The molecule has 1 aromatic rings. The van der Waals surface area contributed by atoms with Gasteiger partial charge in [0.2, 0.25) is 0 Å². The van der Waals surface area contributed by atoms with Gasteiger partial charge >= 0.3 is 0 Å². The van der Waals surface area contributed by atoms with Gasteiger partial charge < -0.3 is 5.73 Å². The smallest absolute Gasteiger partial charge is 0.124 e. The third-order valence-electron chi connectivity index (χ3n) is 1.66. The zero-order chi connectivity index (χ0) is 8.97. The Morgan fingerprint density at radius 1 is 1.83 bits per heavy atom. The molecular formula is C9H12N2S. The van der Waals surface area contributed by atoms with E-state index in [1.54, 1.807) is 11.3 Å². The predicted molar refractivity (Wildman–Crippen MR) is 52.0 cm³/mol. The maximum Gasteiger partial charge on any atom is 0.124 e. The van der Waals surface area contributed by atoms with E-state index in [0.717, 1.165) is 23.5 Å². The van der Waals surface area contributed by atoms with Crippen molar-refractivity contribution >= 4 is 11.3 Å². The molecule has 1 heterocycles. The Morgan fingerprint density at radius 3 is 3.08 bits per heavy atom. The summed E-state index contributed by atoms with van der Waals surface area (Å²) in [7, 11) is 0. The molecule has 1 aromatic heterocycles. The summed E-state index contributed by atoms with van der Waals surface area (Å²) in [6, 6.07) is 0.210. The number of nitrogens with two attached hydrogens (primary N) is 1. The van der Waals surface area contributed by atoms with E-state index in [-0.39, 0.29) is 6.04 Å². The highest BCUT2D eigenvalue weighted by molar-refractivity contribution is 7.09. The molecule has 2 N–H and O–H groups in total. The number of terminal acetylenes is 1. The Kier molecular flexibility index (Phi) is 3.27. The minimum Gasteiger partial charge on any atom is -0.327 e. The summed E-state index contributed by atoms with van der Waals surface area (Å²) in [6.45, 7) is 2.07. The maximum absolute atomic E-state index is 5.77. The van der Waals surface area contributed by atoms with Gasteiger partial charge in [-0.1, -0.05) is 6.92 Å². The molecule has 0 aliphatic carbocycles. The minimum absolute atomic E-state index is 0.210. The fraction of sp³-hybridized carbons (Fsp3) is 0.444. The predicted octanol–water partition coefficient (Wildman–Crippen LogP) is 1.40. The molecule has 2 nitrogen and oxygen atoms in total. The van der Waals surface area contributed by atoms with Crippen molar-refractivity contribution in [2.75, 3.05) is 0 Å². The molecule has 12 heavy (non-hydrogen) atoms. The number of rotatable bonds is 3. The van der Waals surface area contributed by atoms with E-state index in [1.165, 1.54) is 0 Å². The summed E-state index contributed by atoms with van der Waals surface area (Å²) in [4.78, 5) is 4.22. The molecule has 64 valence electrons. The SMILES string of the molecule is C#Cc1csc(CC(N)CC)n1. The lowest BCUT2D eigenvalue weighted by molar-refractivity contribution is 0.644. The zero-order valence-corrected chi connectivity index (χ0v) is 7.90. The van der Waals surface area contributed by atoms with Crippen molar-refractivity contribution in [1.82, 2.24) is 4.98 Å². The van der Waals surface area contributed by atoms with Crippen LogP contribution in [0.3, 0.4) is 0 Å². The number of hydrogen-bond donors (Lipinski definition) is 1. The molecule has 0 saturated heterocycles. The lowest BCUT2D eigenvalue weighted by atomic mass is 10.2. The molecule has 3 heteroatoms. The van der Waals surface area contributed by atoms with E-state index in [2.05, 4.69) is 17.8 Å². The first kappa shape index (κ1) is 9.24. The van der Waals surface area contributed by atoms with Crippen molar-refractivity contribution in [2.45, 2.75) is 25.8 Å². The Balaban J connectivity index is 2.59. The monoisotopic (exact) mass is 180 g/mol. The van der Waals surface area contributed by atoms with Crippen molar-refractivity contribution < 1.29 is 0 Å². The molecule has 0 saturated carbocycles. The lowest BCUT2D eigenvalue weighted by Gasteiger charge is -2.03. The van der Waals surface area contributed by atoms with Crippen LogP contribution in [0.15, 0.2) is 5.38 Å². The molecule has 0 aliphatic heterocycles. The average molecular weight is 180 g/mol. The van der Waals surface area contributed by atoms with Gasteiger partial charge in [-0.25, -0.2) is 4.98 Å². The van der Waals surface area contributed by atoms with E-state index in [0.29, 0.717) is 0 Å². The first-order valence-electron chi connectivity index (χ1n) is 3.92. The van der Waals surface area contributed by atoms with E-state index in [4.69, 9.17) is 12.2 Å². The van der Waals surface area contributed by atoms with Gasteiger partial charge in [0.25, 0.3) is 0 Å². The number of nitrogens with zero attached hydrogens (tertiary/aromatic N) is 1. The number of hydrogen-bond acceptors (Lipinski definition) is 3. The summed E-state index contributed by atoms with van der Waals surface area (Å²) in [5.41, 5.74) is 6.49. The molecular weight excluding hydrogens is 168 g/mol. The van der Waals surface area contributed by atoms with Crippen LogP contribution in [0, 0.1) is 12.3 Å². The lowest BCUT2D eigenvalue weighted by Crippen LogP contribution is -2.21. The minimum atomic E-state index is 0.210. The van der Waals surface area contributed by atoms with Gasteiger partial charge in [0, 0.05) is 17.8 Å². The Hall–Kier alpha value is -0.850. The summed E-state index contributed by atoms with van der Waals surface area (Å²) < 4.78 is 0. The Bertz CT molecular complexity index is 285. The van der Waals surface area contributed by atoms with Crippen LogP contribution in [0.5, 0.6) is 0 Å². The molecule has 1 atom stereocenters. The molecule has 0 amide bonds. The molecule has 0 aromatic carbocycles. The average Bonchev–Trinajstić information content (AvgIpc) is 2.52. The molecule has 0 spiro atoms. The van der Waals surface area contributed by atoms with Crippen LogP contribution >= 0.6 is 11.3 Å². The maximum atomic E-state index is 5.77. The first-order valence-corrected chi connectivity index (χ1v) is 4.80. The normalized spacial score (nSPS) is 12.4. The molecule has 0 radical (unpaired) electrons. The van der Waals surface area contributed by atoms with Crippen molar-refractivity contribution in [3.63, 3.8) is 0 Å². The van der Waals surface area contributed by atoms with E-state index in [9.17, 15) is 0 Å². The summed E-state index contributed by atoms with van der Waals surface area (Å²) in [5, 5.41) is 2.93. The van der Waals surface area contributed by atoms with Gasteiger partial charge in [-0.05, 0) is 12.3 Å². The van der Waals surface area contributed by atoms with Gasteiger partial charge in [0.15, 0.2) is 0 Å². The highest BCUT2D eigenvalue weighted by atomic mass is 32.1. The summed E-state index contributed by atoms with van der Waals surface area (Å²) in [6.07, 6.45) is 7.00. The fourth-order valence-electron chi connectivity index (χ4n) is 0.840. The summed E-state index contributed by atoms with van der Waals surface area (Å²) in [5.74, 6) is 2.50. The second kappa shape index (κ2) is 4.24. The molecule has 0 fully saturated rings. The van der Waals surface area contributed by atoms with Crippen molar-refractivity contribution in [2.24, 2.45) is 5.73 Å². The van der Waals surface area contributed by atoms with Crippen LogP contribution < -0.4 is 5.73 Å². The van der Waals surface area contributed by atoms with Crippen molar-refractivity contribution in [3.8, 4) is 12.3 Å². The van der Waals surface area contributed by atoms with Gasteiger partial charge in [0.05, 0.1) is 5.01 Å². The fourth-order valence-corrected chi connectivity index (χ4v) is 1.67. The van der Waals surface area contributed by atoms with Gasteiger partial charge in [0.1, 0.15) is 5.69 Å². The standard InChI is InChI=1S/C9H12N2S/c1-3-7(10)5-9-11-8(4-2)6-12-9/h2,6-7H,3,5,10H2,1H3. The van der Waals surface area contributed by atoms with Crippen LogP contribution in [0.25, 0.3) is 0 Å². The van der Waals surface area contributed by atoms with Crippen LogP contribution in [-0.4, -0.2) is 11.0 Å². The van der Waals surface area contributed by atoms with Crippen LogP contribution in [0.2, 0.25) is 0 Å². The largest absolute Gasteiger partial charge is 0.327 e. The van der Waals surface area contributed by atoms with E-state index in [1.807, 2.05) is 5.38 Å². The number of thiazole rings is 1. The summed E-state index contributed by atoms with van der Waals surface area (Å²) >= 11 is 1.58. The van der Waals surface area contributed by atoms with Gasteiger partial charge in [-0.2, -0.15) is 0 Å². The second-order valence-electron chi connectivity index (χ2n) is 2.64. The molecule has 0 bridgehead atoms. The molecule has 1 rings (SSSR count). The molecule has 0 aliphatic rings. The van der Waals surface area contributed by atoms with Crippen LogP contribution in [0.4, 0.5) is 0 Å². The third kappa shape index (κ3) is 2.33. The Morgan fingerprint density at radius 2 is 2.58 bits per heavy atom. The topological polar surface area (TPSA) is 38.9 Å². The third-order valence-corrected chi connectivity index (χ3v) is 2.53. The van der Waals surface area contributed by atoms with Gasteiger partial charge in [-0.3, -0.25) is 0 Å². The zero-order valence-electron chi connectivity index (χ0n) is 7.08. The Labute approximate surface area is 76.8 Å².